The quantitative estimate of drug-likeness (QED) is 0.309. The van der Waals surface area contributed by atoms with Gasteiger partial charge in [-0.2, -0.15) is 0 Å². The smallest absolute Gasteiger partial charge is 0.132 e. The molecule has 186 valence electrons. The van der Waals surface area contributed by atoms with Crippen LogP contribution in [0.25, 0.3) is 0 Å². The number of anilines is 2. The molecule has 0 saturated carbocycles. The average Bonchev–Trinajstić information content (AvgIpc) is 2.90. The fourth-order valence-corrected chi connectivity index (χ4v) is 3.63. The summed E-state index contributed by atoms with van der Waals surface area (Å²) in [7, 11) is 11.1. The summed E-state index contributed by atoms with van der Waals surface area (Å²) >= 11 is 0. The van der Waals surface area contributed by atoms with Crippen LogP contribution in [-0.2, 0) is 0 Å². The largest absolute Gasteiger partial charge is 0.363 e. The molecule has 0 atom stereocenters. The molecule has 3 rings (SSSR count). The molecule has 0 spiro atoms. The van der Waals surface area contributed by atoms with Gasteiger partial charge in [-0.15, -0.1) is 0 Å². The molecule has 4 N–H and O–H groups in total. The van der Waals surface area contributed by atoms with Crippen molar-refractivity contribution in [2.24, 2.45) is 0 Å². The Hall–Kier alpha value is -4.46. The Morgan fingerprint density at radius 3 is 0.861 bits per heavy atom. The minimum atomic E-state index is 0.343. The van der Waals surface area contributed by atoms with Crippen LogP contribution in [0.4, 0.5) is 11.4 Å². The predicted octanol–water partition coefficient (Wildman–Crippen LogP) is 4.38. The monoisotopic (exact) mass is 482 g/mol. The summed E-state index contributed by atoms with van der Waals surface area (Å²) in [6.07, 6.45) is 0. The van der Waals surface area contributed by atoms with Gasteiger partial charge in [-0.1, -0.05) is 24.3 Å². The summed E-state index contributed by atoms with van der Waals surface area (Å²) in [5, 5.41) is 33.5. The minimum Gasteiger partial charge on any atom is -0.363 e. The van der Waals surface area contributed by atoms with Crippen LogP contribution in [0, 0.1) is 21.6 Å². The van der Waals surface area contributed by atoms with Crippen LogP contribution in [0.2, 0.25) is 0 Å². The van der Waals surface area contributed by atoms with Gasteiger partial charge in [-0.3, -0.25) is 21.6 Å². The topological polar surface area (TPSA) is 108 Å². The number of benzene rings is 3. The molecule has 0 amide bonds. The maximum atomic E-state index is 8.65. The van der Waals surface area contributed by atoms with E-state index in [0.717, 1.165) is 33.6 Å². The second-order valence-corrected chi connectivity index (χ2v) is 8.97. The van der Waals surface area contributed by atoms with Crippen molar-refractivity contribution in [1.29, 1.82) is 21.6 Å². The summed E-state index contributed by atoms with van der Waals surface area (Å²) < 4.78 is 0. The zero-order valence-corrected chi connectivity index (χ0v) is 21.7. The van der Waals surface area contributed by atoms with Gasteiger partial charge in [0.15, 0.2) is 0 Å². The summed E-state index contributed by atoms with van der Waals surface area (Å²) in [4.78, 5) is 7.10. The third-order valence-electron chi connectivity index (χ3n) is 6.05. The van der Waals surface area contributed by atoms with Crippen molar-refractivity contribution in [2.75, 3.05) is 52.1 Å². The van der Waals surface area contributed by atoms with Crippen LogP contribution in [0.5, 0.6) is 0 Å². The van der Waals surface area contributed by atoms with Crippen LogP contribution in [-0.4, -0.2) is 75.4 Å². The van der Waals surface area contributed by atoms with E-state index in [2.05, 4.69) is 0 Å². The number of rotatable bonds is 6. The Balaban J connectivity index is 1.70. The normalized spacial score (nSPS) is 10.4. The van der Waals surface area contributed by atoms with Gasteiger partial charge < -0.3 is 19.6 Å². The van der Waals surface area contributed by atoms with E-state index in [4.69, 9.17) is 21.6 Å². The van der Waals surface area contributed by atoms with Crippen molar-refractivity contribution >= 4 is 34.7 Å². The summed E-state index contributed by atoms with van der Waals surface area (Å²) in [6, 6.07) is 22.6. The molecule has 0 aromatic heterocycles. The van der Waals surface area contributed by atoms with Crippen LogP contribution in [0.15, 0.2) is 72.8 Å². The van der Waals surface area contributed by atoms with Crippen molar-refractivity contribution in [3.63, 3.8) is 0 Å². The predicted molar refractivity (Wildman–Crippen MR) is 151 cm³/mol. The highest BCUT2D eigenvalue weighted by atomic mass is 15.2. The van der Waals surface area contributed by atoms with Crippen molar-refractivity contribution in [2.45, 2.75) is 0 Å². The second kappa shape index (κ2) is 10.9. The molecule has 8 nitrogen and oxygen atoms in total. The molecule has 3 aromatic carbocycles. The number of amidine groups is 4. The minimum absolute atomic E-state index is 0.343. The van der Waals surface area contributed by atoms with Gasteiger partial charge in [0.05, 0.1) is 0 Å². The van der Waals surface area contributed by atoms with Crippen molar-refractivity contribution in [3.8, 4) is 0 Å². The molecule has 0 radical (unpaired) electrons. The summed E-state index contributed by atoms with van der Waals surface area (Å²) in [6.45, 7) is 0. The molecule has 0 fully saturated rings. The molecule has 8 heteroatoms. The van der Waals surface area contributed by atoms with Crippen LogP contribution < -0.4 is 9.80 Å². The maximum absolute atomic E-state index is 8.65. The first-order chi connectivity index (χ1) is 17.0. The van der Waals surface area contributed by atoms with E-state index in [-0.39, 0.29) is 0 Å². The third kappa shape index (κ3) is 5.60. The molecule has 0 aliphatic rings. The van der Waals surface area contributed by atoms with E-state index in [9.17, 15) is 0 Å². The zero-order valence-electron chi connectivity index (χ0n) is 21.7. The van der Waals surface area contributed by atoms with Crippen LogP contribution >= 0.6 is 0 Å². The Morgan fingerprint density at radius 2 is 0.611 bits per heavy atom. The zero-order chi connectivity index (χ0) is 26.6. The van der Waals surface area contributed by atoms with Gasteiger partial charge in [-0.05, 0) is 48.5 Å². The second-order valence-electron chi connectivity index (χ2n) is 8.97. The highest BCUT2D eigenvalue weighted by Gasteiger charge is 2.14. The Bertz CT molecular complexity index is 1160. The van der Waals surface area contributed by atoms with E-state index in [1.54, 1.807) is 19.6 Å². The molecular formula is C28H34N8. The van der Waals surface area contributed by atoms with E-state index in [1.165, 1.54) is 0 Å². The van der Waals surface area contributed by atoms with Gasteiger partial charge in [0, 0.05) is 75.9 Å². The first-order valence-electron chi connectivity index (χ1n) is 11.5. The lowest BCUT2D eigenvalue weighted by atomic mass is 10.1. The average molecular weight is 483 g/mol. The van der Waals surface area contributed by atoms with Gasteiger partial charge >= 0.3 is 0 Å². The Kier molecular flexibility index (Phi) is 7.89. The SMILES string of the molecule is CN(C)C(=N)c1ccc(N(C)C(=N)c2ccc(C(=N)N(C)c3ccc(C(=N)N(C)C)cc3)cc2)cc1. The van der Waals surface area contributed by atoms with Crippen molar-refractivity contribution in [1.82, 2.24) is 9.80 Å². The number of nitrogens with one attached hydrogen (secondary N) is 4. The Labute approximate surface area is 213 Å². The molecule has 0 aliphatic heterocycles. The molecular weight excluding hydrogens is 448 g/mol. The summed E-state index contributed by atoms with van der Waals surface area (Å²) in [5.41, 5.74) is 4.85. The molecule has 0 unspecified atom stereocenters. The standard InChI is InChI=1S/C28H34N8/c1-33(2)25(29)19-11-15-23(16-12-19)35(5)27(31)21-7-9-22(10-8-21)28(32)36(6)24-17-13-20(14-18-24)26(30)34(3)4/h7-18,29-32H,1-6H3. The van der Waals surface area contributed by atoms with E-state index < -0.39 is 0 Å². The highest BCUT2D eigenvalue weighted by molar-refractivity contribution is 6.10. The Morgan fingerprint density at radius 1 is 0.389 bits per heavy atom. The van der Waals surface area contributed by atoms with Crippen LogP contribution in [0.1, 0.15) is 22.3 Å². The maximum Gasteiger partial charge on any atom is 0.132 e. The fourth-order valence-electron chi connectivity index (χ4n) is 3.63. The third-order valence-corrected chi connectivity index (χ3v) is 6.05. The number of hydrogen-bond acceptors (Lipinski definition) is 4. The number of hydrogen-bond donors (Lipinski definition) is 4. The lowest BCUT2D eigenvalue weighted by Crippen LogP contribution is -2.28. The summed E-state index contributed by atoms with van der Waals surface area (Å²) in [5.74, 6) is 1.56. The van der Waals surface area contributed by atoms with Crippen LogP contribution in [0.3, 0.4) is 0 Å². The molecule has 0 aliphatic carbocycles. The van der Waals surface area contributed by atoms with Gasteiger partial charge in [0.1, 0.15) is 23.3 Å². The van der Waals surface area contributed by atoms with Crippen molar-refractivity contribution in [3.05, 3.63) is 95.1 Å². The van der Waals surface area contributed by atoms with Crippen molar-refractivity contribution < 1.29 is 0 Å². The highest BCUT2D eigenvalue weighted by Crippen LogP contribution is 2.20. The lowest BCUT2D eigenvalue weighted by Gasteiger charge is -2.23. The van der Waals surface area contributed by atoms with E-state index in [1.807, 2.05) is 115 Å². The molecule has 36 heavy (non-hydrogen) atoms. The number of nitrogens with zero attached hydrogens (tertiary/aromatic N) is 4. The van der Waals surface area contributed by atoms with Gasteiger partial charge in [0.25, 0.3) is 0 Å². The van der Waals surface area contributed by atoms with E-state index >= 15 is 0 Å². The molecule has 0 saturated heterocycles. The lowest BCUT2D eigenvalue weighted by molar-refractivity contribution is 0.619. The first-order valence-corrected chi connectivity index (χ1v) is 11.5. The first kappa shape index (κ1) is 26.2. The van der Waals surface area contributed by atoms with Gasteiger partial charge in [-0.25, -0.2) is 0 Å². The molecule has 0 bridgehead atoms. The fraction of sp³-hybridized carbons (Fsp3) is 0.214. The van der Waals surface area contributed by atoms with E-state index in [0.29, 0.717) is 23.3 Å². The van der Waals surface area contributed by atoms with Gasteiger partial charge in [0.2, 0.25) is 0 Å². The molecule has 3 aromatic rings. The molecule has 0 heterocycles.